The molecule has 0 bridgehead atoms. The molecular weight excluding hydrogens is 400 g/mol. The highest BCUT2D eigenvalue weighted by atomic mass is 35.5. The van der Waals surface area contributed by atoms with Gasteiger partial charge in [-0.15, -0.1) is 11.6 Å². The van der Waals surface area contributed by atoms with E-state index in [2.05, 4.69) is 13.8 Å². The van der Waals surface area contributed by atoms with Gasteiger partial charge in [0.2, 0.25) is 0 Å². The summed E-state index contributed by atoms with van der Waals surface area (Å²) in [6, 6.07) is 0. The first-order chi connectivity index (χ1) is 14.1. The number of hydrogen-bond donors (Lipinski definition) is 1. The van der Waals surface area contributed by atoms with E-state index in [1.54, 1.807) is 0 Å². The van der Waals surface area contributed by atoms with Crippen LogP contribution in [0.1, 0.15) is 78.6 Å². The molecule has 4 rings (SSSR count). The van der Waals surface area contributed by atoms with Crippen LogP contribution in [0.25, 0.3) is 0 Å². The van der Waals surface area contributed by atoms with E-state index in [9.17, 15) is 19.5 Å². The first-order valence-electron chi connectivity index (χ1n) is 11.7. The van der Waals surface area contributed by atoms with Crippen molar-refractivity contribution >= 4 is 29.0 Å². The van der Waals surface area contributed by atoms with Gasteiger partial charge < -0.3 is 5.11 Å². The highest BCUT2D eigenvalue weighted by Gasteiger charge is 2.60. The van der Waals surface area contributed by atoms with Gasteiger partial charge in [0.15, 0.2) is 17.3 Å². The second-order valence-corrected chi connectivity index (χ2v) is 11.4. The highest BCUT2D eigenvalue weighted by Crippen LogP contribution is 2.66. The van der Waals surface area contributed by atoms with Gasteiger partial charge in [0.1, 0.15) is 0 Å². The van der Waals surface area contributed by atoms with E-state index < -0.39 is 5.78 Å². The van der Waals surface area contributed by atoms with E-state index in [0.717, 1.165) is 44.1 Å². The van der Waals surface area contributed by atoms with Crippen LogP contribution in [0.2, 0.25) is 0 Å². The van der Waals surface area contributed by atoms with Crippen molar-refractivity contribution in [3.8, 4) is 0 Å². The van der Waals surface area contributed by atoms with Crippen LogP contribution in [0.5, 0.6) is 0 Å². The zero-order chi connectivity index (χ0) is 21.8. The Bertz CT molecular complexity index is 788. The zero-order valence-corrected chi connectivity index (χ0v) is 19.2. The Hall–Kier alpha value is -1.00. The van der Waals surface area contributed by atoms with Crippen molar-refractivity contribution in [1.29, 1.82) is 0 Å². The van der Waals surface area contributed by atoms with Gasteiger partial charge in [0.05, 0.1) is 11.5 Å². The Morgan fingerprint density at radius 1 is 1.20 bits per heavy atom. The molecule has 0 aromatic rings. The fraction of sp³-hybridized carbons (Fsp3) is 0.800. The number of carbonyl (C=O) groups excluding carboxylic acids is 3. The van der Waals surface area contributed by atoms with Crippen molar-refractivity contribution in [2.45, 2.75) is 90.0 Å². The minimum absolute atomic E-state index is 0.00624. The Morgan fingerprint density at radius 3 is 2.63 bits per heavy atom. The molecule has 3 saturated carbocycles. The number of ketones is 3. The SMILES string of the molecule is CC(=O)C(=O)CCC[C@H]1C[C@@]2(C)C(=CC1=O)[C@@H](Cl)C[C@H]1[C@@H]3CC[C@H](O)[C@@]3(C)CC[C@@H]12. The van der Waals surface area contributed by atoms with Gasteiger partial charge in [0.25, 0.3) is 0 Å². The normalized spacial score (nSPS) is 45.2. The Morgan fingerprint density at radius 2 is 1.93 bits per heavy atom. The van der Waals surface area contributed by atoms with Crippen molar-refractivity contribution in [3.63, 3.8) is 0 Å². The summed E-state index contributed by atoms with van der Waals surface area (Å²) in [7, 11) is 0. The third-order valence-corrected chi connectivity index (χ3v) is 9.81. The monoisotopic (exact) mass is 434 g/mol. The van der Waals surface area contributed by atoms with E-state index in [4.69, 9.17) is 11.6 Å². The van der Waals surface area contributed by atoms with E-state index in [-0.39, 0.29) is 46.2 Å². The molecule has 8 atom stereocenters. The van der Waals surface area contributed by atoms with Crippen molar-refractivity contribution in [2.24, 2.45) is 34.5 Å². The van der Waals surface area contributed by atoms with Gasteiger partial charge in [-0.3, -0.25) is 14.4 Å². The minimum atomic E-state index is -0.400. The Labute approximate surface area is 184 Å². The summed E-state index contributed by atoms with van der Waals surface area (Å²) in [6.07, 6.45) is 8.88. The smallest absolute Gasteiger partial charge is 0.198 e. The van der Waals surface area contributed by atoms with Crippen LogP contribution in [-0.4, -0.2) is 33.9 Å². The standard InChI is InChI=1S/C25H35ClO4/c1-14(27)21(28)6-4-5-15-13-25(3)18-9-10-24(2)17(7-8-23(24)30)16(18)11-20(26)19(25)12-22(15)29/h12,15-18,20,23,30H,4-11,13H2,1-3H3/t15-,16-,17-,18-,20-,23-,24-,25+/m0/s1. The first kappa shape index (κ1) is 22.2. The number of Topliss-reactive ketones (excluding diaryl/α,β-unsaturated/α-hetero) is 2. The van der Waals surface area contributed by atoms with Crippen molar-refractivity contribution in [2.75, 3.05) is 0 Å². The lowest BCUT2D eigenvalue weighted by atomic mass is 9.46. The lowest BCUT2D eigenvalue weighted by Crippen LogP contribution is -2.54. The summed E-state index contributed by atoms with van der Waals surface area (Å²) in [4.78, 5) is 35.7. The molecule has 4 aliphatic carbocycles. The molecule has 0 spiro atoms. The predicted molar refractivity (Wildman–Crippen MR) is 116 cm³/mol. The molecule has 0 aromatic heterocycles. The van der Waals surface area contributed by atoms with Crippen molar-refractivity contribution < 1.29 is 19.5 Å². The average Bonchev–Trinajstić information content (AvgIpc) is 2.98. The number of aliphatic hydroxyl groups is 1. The molecule has 4 nitrogen and oxygen atoms in total. The van der Waals surface area contributed by atoms with Gasteiger partial charge in [-0.1, -0.05) is 13.8 Å². The quantitative estimate of drug-likeness (QED) is 0.505. The van der Waals surface area contributed by atoms with Crippen LogP contribution in [-0.2, 0) is 14.4 Å². The van der Waals surface area contributed by atoms with Crippen molar-refractivity contribution in [3.05, 3.63) is 11.6 Å². The molecule has 0 aromatic carbocycles. The number of allylic oxidation sites excluding steroid dienone is 1. The molecule has 0 heterocycles. The largest absolute Gasteiger partial charge is 0.393 e. The fourth-order valence-corrected chi connectivity index (χ4v) is 8.17. The first-order valence-corrected chi connectivity index (χ1v) is 12.1. The maximum atomic E-state index is 12.9. The van der Waals surface area contributed by atoms with Crippen molar-refractivity contribution in [1.82, 2.24) is 0 Å². The van der Waals surface area contributed by atoms with E-state index in [1.165, 1.54) is 6.92 Å². The Balaban J connectivity index is 1.55. The van der Waals surface area contributed by atoms with Crippen LogP contribution in [0, 0.1) is 34.5 Å². The van der Waals surface area contributed by atoms with E-state index in [0.29, 0.717) is 30.6 Å². The highest BCUT2D eigenvalue weighted by molar-refractivity contribution is 6.36. The van der Waals surface area contributed by atoms with Crippen LogP contribution in [0.4, 0.5) is 0 Å². The van der Waals surface area contributed by atoms with Gasteiger partial charge in [-0.25, -0.2) is 0 Å². The van der Waals surface area contributed by atoms with Crippen LogP contribution < -0.4 is 0 Å². The molecule has 166 valence electrons. The van der Waals surface area contributed by atoms with E-state index >= 15 is 0 Å². The maximum Gasteiger partial charge on any atom is 0.198 e. The van der Waals surface area contributed by atoms with Crippen LogP contribution in [0.15, 0.2) is 11.6 Å². The van der Waals surface area contributed by atoms with Gasteiger partial charge in [0, 0.05) is 19.3 Å². The fourth-order valence-electron chi connectivity index (χ4n) is 7.65. The van der Waals surface area contributed by atoms with Gasteiger partial charge >= 0.3 is 0 Å². The number of alkyl halides is 1. The predicted octanol–water partition coefficient (Wildman–Crippen LogP) is 4.65. The Kier molecular flexibility index (Phi) is 5.81. The lowest BCUT2D eigenvalue weighted by Gasteiger charge is -2.59. The van der Waals surface area contributed by atoms with Crippen LogP contribution in [0.3, 0.4) is 0 Å². The van der Waals surface area contributed by atoms with Gasteiger partial charge in [-0.2, -0.15) is 0 Å². The summed E-state index contributed by atoms with van der Waals surface area (Å²) < 4.78 is 0. The average molecular weight is 435 g/mol. The summed E-state index contributed by atoms with van der Waals surface area (Å²) in [5.41, 5.74) is 1.04. The maximum absolute atomic E-state index is 12.9. The number of rotatable bonds is 5. The number of carbonyl (C=O) groups is 3. The molecule has 1 N–H and O–H groups in total. The molecule has 0 radical (unpaired) electrons. The molecule has 4 aliphatic rings. The van der Waals surface area contributed by atoms with Gasteiger partial charge in [-0.05, 0) is 91.6 Å². The third-order valence-electron chi connectivity index (χ3n) is 9.40. The summed E-state index contributed by atoms with van der Waals surface area (Å²) >= 11 is 6.90. The third kappa shape index (κ3) is 3.43. The molecule has 30 heavy (non-hydrogen) atoms. The molecule has 0 amide bonds. The number of hydrogen-bond acceptors (Lipinski definition) is 4. The summed E-state index contributed by atoms with van der Waals surface area (Å²) in [5.74, 6) is 0.807. The molecular formula is C25H35ClO4. The summed E-state index contributed by atoms with van der Waals surface area (Å²) in [5, 5.41) is 10.5. The minimum Gasteiger partial charge on any atom is -0.393 e. The molecule has 0 saturated heterocycles. The number of aliphatic hydroxyl groups excluding tert-OH is 1. The number of fused-ring (bicyclic) bond motifs is 5. The molecule has 3 fully saturated rings. The van der Waals surface area contributed by atoms with Crippen LogP contribution >= 0.6 is 11.6 Å². The second-order valence-electron chi connectivity index (χ2n) is 10.9. The lowest BCUT2D eigenvalue weighted by molar-refractivity contribution is -0.135. The topological polar surface area (TPSA) is 71.4 Å². The molecule has 0 unspecified atom stereocenters. The zero-order valence-electron chi connectivity index (χ0n) is 18.5. The molecule has 0 aliphatic heterocycles. The second kappa shape index (κ2) is 7.85. The summed E-state index contributed by atoms with van der Waals surface area (Å²) in [6.45, 7) is 5.88. The number of halogens is 1. The van der Waals surface area contributed by atoms with E-state index in [1.807, 2.05) is 6.08 Å². The molecule has 5 heteroatoms.